The molecule has 4 heteroatoms. The molecule has 0 fully saturated rings. The molecule has 0 bridgehead atoms. The molecule has 0 radical (unpaired) electrons. The summed E-state index contributed by atoms with van der Waals surface area (Å²) in [5.41, 5.74) is 4.56. The number of likely N-dealkylation sites (N-methyl/N-ethyl adjacent to an activating group) is 1. The lowest BCUT2D eigenvalue weighted by atomic mass is 10.0. The predicted octanol–water partition coefficient (Wildman–Crippen LogP) is 2.59. The smallest absolute Gasteiger partial charge is 0.0917 e. The van der Waals surface area contributed by atoms with Crippen molar-refractivity contribution in [2.75, 3.05) is 13.1 Å². The van der Waals surface area contributed by atoms with E-state index in [-0.39, 0.29) is 0 Å². The second-order valence-corrected chi connectivity index (χ2v) is 5.79. The van der Waals surface area contributed by atoms with Crippen LogP contribution in [0.4, 0.5) is 0 Å². The number of hydrogen-bond donors (Lipinski definition) is 1. The van der Waals surface area contributed by atoms with E-state index in [9.17, 15) is 5.11 Å². The van der Waals surface area contributed by atoms with Crippen molar-refractivity contribution in [2.45, 2.75) is 33.4 Å². The second kappa shape index (κ2) is 6.87. The average molecular weight is 287 g/mol. The van der Waals surface area contributed by atoms with Gasteiger partial charge in [-0.2, -0.15) is 5.10 Å². The standard InChI is InChI=1S/C17H25N3O/c1-5-20(11-15-9-18-19(4)10-15)12-17(21)16-7-13(2)6-14(3)8-16/h6-10,17,21H,5,11-12H2,1-4H3. The average Bonchev–Trinajstić information content (AvgIpc) is 2.82. The van der Waals surface area contributed by atoms with E-state index in [2.05, 4.69) is 49.0 Å². The van der Waals surface area contributed by atoms with E-state index in [1.807, 2.05) is 24.1 Å². The fourth-order valence-electron chi connectivity index (χ4n) is 2.67. The van der Waals surface area contributed by atoms with Crippen LogP contribution < -0.4 is 0 Å². The number of rotatable bonds is 6. The van der Waals surface area contributed by atoms with Gasteiger partial charge in [0.25, 0.3) is 0 Å². The zero-order valence-corrected chi connectivity index (χ0v) is 13.4. The highest BCUT2D eigenvalue weighted by molar-refractivity contribution is 5.30. The van der Waals surface area contributed by atoms with Crippen LogP contribution in [0.25, 0.3) is 0 Å². The molecule has 1 N–H and O–H groups in total. The molecule has 0 spiro atoms. The monoisotopic (exact) mass is 287 g/mol. The van der Waals surface area contributed by atoms with Crippen molar-refractivity contribution in [3.05, 3.63) is 52.8 Å². The van der Waals surface area contributed by atoms with Crippen LogP contribution in [0.1, 0.15) is 35.3 Å². The van der Waals surface area contributed by atoms with E-state index < -0.39 is 6.10 Å². The van der Waals surface area contributed by atoms with Gasteiger partial charge in [0, 0.05) is 31.9 Å². The molecule has 0 amide bonds. The molecule has 1 unspecified atom stereocenters. The van der Waals surface area contributed by atoms with Crippen molar-refractivity contribution in [1.29, 1.82) is 0 Å². The van der Waals surface area contributed by atoms with E-state index in [0.717, 1.165) is 18.7 Å². The van der Waals surface area contributed by atoms with Crippen LogP contribution in [-0.4, -0.2) is 32.9 Å². The SMILES string of the molecule is CCN(Cc1cnn(C)c1)CC(O)c1cc(C)cc(C)c1. The summed E-state index contributed by atoms with van der Waals surface area (Å²) in [7, 11) is 1.92. The fraction of sp³-hybridized carbons (Fsp3) is 0.471. The fourth-order valence-corrected chi connectivity index (χ4v) is 2.67. The molecule has 0 aliphatic heterocycles. The molecular formula is C17H25N3O. The Morgan fingerprint density at radius 3 is 2.43 bits per heavy atom. The van der Waals surface area contributed by atoms with Crippen LogP contribution in [0, 0.1) is 13.8 Å². The maximum absolute atomic E-state index is 10.5. The summed E-state index contributed by atoms with van der Waals surface area (Å²) < 4.78 is 1.81. The molecule has 114 valence electrons. The van der Waals surface area contributed by atoms with Crippen LogP contribution in [0.15, 0.2) is 30.6 Å². The first-order valence-electron chi connectivity index (χ1n) is 7.44. The van der Waals surface area contributed by atoms with Gasteiger partial charge in [-0.05, 0) is 26.0 Å². The number of benzene rings is 1. The van der Waals surface area contributed by atoms with Crippen LogP contribution in [0.3, 0.4) is 0 Å². The number of hydrogen-bond acceptors (Lipinski definition) is 3. The molecule has 2 aromatic rings. The second-order valence-electron chi connectivity index (χ2n) is 5.79. The van der Waals surface area contributed by atoms with Gasteiger partial charge in [0.15, 0.2) is 0 Å². The van der Waals surface area contributed by atoms with Crippen LogP contribution in [0.5, 0.6) is 0 Å². The largest absolute Gasteiger partial charge is 0.387 e. The van der Waals surface area contributed by atoms with Gasteiger partial charge in [0.05, 0.1) is 12.3 Å². The summed E-state index contributed by atoms with van der Waals surface area (Å²) in [6, 6.07) is 6.26. The molecule has 0 aliphatic carbocycles. The van der Waals surface area contributed by atoms with Gasteiger partial charge in [-0.1, -0.05) is 36.2 Å². The molecule has 21 heavy (non-hydrogen) atoms. The Kier molecular flexibility index (Phi) is 5.15. The van der Waals surface area contributed by atoms with Crippen molar-refractivity contribution in [3.8, 4) is 0 Å². The predicted molar refractivity (Wildman–Crippen MR) is 85.0 cm³/mol. The highest BCUT2D eigenvalue weighted by Gasteiger charge is 2.14. The van der Waals surface area contributed by atoms with E-state index in [1.165, 1.54) is 16.7 Å². The highest BCUT2D eigenvalue weighted by Crippen LogP contribution is 2.19. The lowest BCUT2D eigenvalue weighted by Crippen LogP contribution is -2.28. The summed E-state index contributed by atoms with van der Waals surface area (Å²) in [5.74, 6) is 0. The van der Waals surface area contributed by atoms with Gasteiger partial charge in [0.1, 0.15) is 0 Å². The maximum atomic E-state index is 10.5. The zero-order valence-electron chi connectivity index (χ0n) is 13.4. The van der Waals surface area contributed by atoms with E-state index >= 15 is 0 Å². The maximum Gasteiger partial charge on any atom is 0.0917 e. The third-order valence-corrected chi connectivity index (χ3v) is 3.67. The molecule has 4 nitrogen and oxygen atoms in total. The van der Waals surface area contributed by atoms with Crippen molar-refractivity contribution < 1.29 is 5.11 Å². The van der Waals surface area contributed by atoms with Crippen molar-refractivity contribution in [2.24, 2.45) is 7.05 Å². The van der Waals surface area contributed by atoms with E-state index in [0.29, 0.717) is 6.54 Å². The first-order chi connectivity index (χ1) is 9.97. The molecule has 2 rings (SSSR count). The van der Waals surface area contributed by atoms with Gasteiger partial charge in [0.2, 0.25) is 0 Å². The Morgan fingerprint density at radius 1 is 1.24 bits per heavy atom. The third-order valence-electron chi connectivity index (χ3n) is 3.67. The van der Waals surface area contributed by atoms with Crippen LogP contribution in [-0.2, 0) is 13.6 Å². The first-order valence-corrected chi connectivity index (χ1v) is 7.44. The Labute approximate surface area is 127 Å². The molecule has 1 atom stereocenters. The minimum atomic E-state index is -0.458. The zero-order chi connectivity index (χ0) is 15.4. The van der Waals surface area contributed by atoms with E-state index in [1.54, 1.807) is 0 Å². The Bertz CT molecular complexity index is 571. The summed E-state index contributed by atoms with van der Waals surface area (Å²) in [6.45, 7) is 8.59. The molecule has 1 aromatic heterocycles. The molecule has 0 aliphatic rings. The van der Waals surface area contributed by atoms with Gasteiger partial charge in [-0.15, -0.1) is 0 Å². The Morgan fingerprint density at radius 2 is 1.90 bits per heavy atom. The van der Waals surface area contributed by atoms with Crippen LogP contribution >= 0.6 is 0 Å². The quantitative estimate of drug-likeness (QED) is 0.888. The highest BCUT2D eigenvalue weighted by atomic mass is 16.3. The lowest BCUT2D eigenvalue weighted by Gasteiger charge is -2.23. The topological polar surface area (TPSA) is 41.3 Å². The molecule has 1 aromatic carbocycles. The van der Waals surface area contributed by atoms with Crippen molar-refractivity contribution >= 4 is 0 Å². The Hall–Kier alpha value is -1.65. The number of nitrogens with zero attached hydrogens (tertiary/aromatic N) is 3. The number of aliphatic hydroxyl groups is 1. The normalized spacial score (nSPS) is 12.9. The van der Waals surface area contributed by atoms with Gasteiger partial charge in [-0.25, -0.2) is 0 Å². The lowest BCUT2D eigenvalue weighted by molar-refractivity contribution is 0.112. The molecule has 1 heterocycles. The summed E-state index contributed by atoms with van der Waals surface area (Å²) >= 11 is 0. The molecular weight excluding hydrogens is 262 g/mol. The summed E-state index contributed by atoms with van der Waals surface area (Å²) in [6.07, 6.45) is 3.44. The van der Waals surface area contributed by atoms with Gasteiger partial charge >= 0.3 is 0 Å². The minimum Gasteiger partial charge on any atom is -0.387 e. The van der Waals surface area contributed by atoms with Crippen molar-refractivity contribution in [1.82, 2.24) is 14.7 Å². The van der Waals surface area contributed by atoms with E-state index in [4.69, 9.17) is 0 Å². The number of aliphatic hydroxyl groups excluding tert-OH is 1. The summed E-state index contributed by atoms with van der Waals surface area (Å²) in [4.78, 5) is 2.24. The molecule has 0 saturated heterocycles. The van der Waals surface area contributed by atoms with Crippen molar-refractivity contribution in [3.63, 3.8) is 0 Å². The Balaban J connectivity index is 2.03. The molecule has 0 saturated carbocycles. The summed E-state index contributed by atoms with van der Waals surface area (Å²) in [5, 5.41) is 14.7. The van der Waals surface area contributed by atoms with Crippen LogP contribution in [0.2, 0.25) is 0 Å². The van der Waals surface area contributed by atoms with Gasteiger partial charge in [-0.3, -0.25) is 9.58 Å². The number of aryl methyl sites for hydroxylation is 3. The third kappa shape index (κ3) is 4.41. The van der Waals surface area contributed by atoms with Gasteiger partial charge < -0.3 is 5.11 Å². The minimum absolute atomic E-state index is 0.458. The number of aromatic nitrogens is 2. The first kappa shape index (κ1) is 15.7.